The molecule has 44 heavy (non-hydrogen) atoms. The molecule has 0 amide bonds. The molecule has 0 aliphatic rings. The molecule has 5 aromatic carbocycles. The Balaban J connectivity index is 1.43. The second-order valence-electron chi connectivity index (χ2n) is 10.2. The Morgan fingerprint density at radius 2 is 1.32 bits per heavy atom. The highest BCUT2D eigenvalue weighted by Crippen LogP contribution is 2.41. The number of imidazole rings is 1. The van der Waals surface area contributed by atoms with Crippen molar-refractivity contribution in [2.75, 3.05) is 0 Å². The highest BCUT2D eigenvalue weighted by atomic mass is 19.1. The van der Waals surface area contributed by atoms with Crippen LogP contribution in [0.25, 0.3) is 17.3 Å². The van der Waals surface area contributed by atoms with Crippen molar-refractivity contribution >= 4 is 17.5 Å². The van der Waals surface area contributed by atoms with Crippen LogP contribution in [0.1, 0.15) is 32.6 Å². The van der Waals surface area contributed by atoms with E-state index in [0.29, 0.717) is 5.69 Å². The molecule has 214 valence electrons. The SMILES string of the molecule is O=C(/C=C\c1ccccc1-c1cn(C(c2ccccc2)(c2ccccc2)c2ccccc2)cn1)c1ccc([N+](=O)[O-])c(F)c1. The van der Waals surface area contributed by atoms with E-state index in [0.717, 1.165) is 39.9 Å². The zero-order valence-electron chi connectivity index (χ0n) is 23.5. The van der Waals surface area contributed by atoms with Crippen LogP contribution in [0.4, 0.5) is 10.1 Å². The summed E-state index contributed by atoms with van der Waals surface area (Å²) < 4.78 is 16.3. The number of hydrogen-bond acceptors (Lipinski definition) is 4. The standard InChI is InChI=1S/C37H26FN3O3/c38-33-24-28(20-22-35(33)41(43)44)36(42)23-21-27-12-10-11-19-32(27)34-25-40(26-39-34)37(29-13-4-1-5-14-29,30-15-6-2-7-16-30)31-17-8-3-9-18-31/h1-26H/b23-21-. The predicted molar refractivity (Wildman–Crippen MR) is 169 cm³/mol. The number of hydrogen-bond donors (Lipinski definition) is 0. The fourth-order valence-electron chi connectivity index (χ4n) is 5.58. The average molecular weight is 580 g/mol. The first-order valence-electron chi connectivity index (χ1n) is 14.0. The molecule has 0 atom stereocenters. The largest absolute Gasteiger partial charge is 0.318 e. The predicted octanol–water partition coefficient (Wildman–Crippen LogP) is 8.33. The Morgan fingerprint density at radius 3 is 1.86 bits per heavy atom. The second kappa shape index (κ2) is 12.1. The summed E-state index contributed by atoms with van der Waals surface area (Å²) in [7, 11) is 0. The summed E-state index contributed by atoms with van der Waals surface area (Å²) in [5.74, 6) is -1.53. The van der Waals surface area contributed by atoms with Gasteiger partial charge >= 0.3 is 5.69 Å². The molecule has 0 unspecified atom stereocenters. The molecule has 0 bridgehead atoms. The van der Waals surface area contributed by atoms with Crippen LogP contribution in [-0.4, -0.2) is 20.3 Å². The third kappa shape index (κ3) is 5.23. The van der Waals surface area contributed by atoms with Gasteiger partial charge in [-0.15, -0.1) is 0 Å². The normalized spacial score (nSPS) is 11.5. The Hall–Kier alpha value is -5.95. The van der Waals surface area contributed by atoms with E-state index in [9.17, 15) is 19.3 Å². The van der Waals surface area contributed by atoms with Gasteiger partial charge in [0.05, 0.1) is 16.9 Å². The maximum absolute atomic E-state index is 14.1. The number of rotatable bonds is 9. The van der Waals surface area contributed by atoms with E-state index >= 15 is 0 Å². The molecule has 0 spiro atoms. The molecule has 0 radical (unpaired) electrons. The number of nitro groups is 1. The van der Waals surface area contributed by atoms with Gasteiger partial charge in [0.1, 0.15) is 5.54 Å². The number of aromatic nitrogens is 2. The zero-order valence-corrected chi connectivity index (χ0v) is 23.5. The molecule has 7 heteroatoms. The van der Waals surface area contributed by atoms with Gasteiger partial charge in [0, 0.05) is 23.4 Å². The summed E-state index contributed by atoms with van der Waals surface area (Å²) in [4.78, 5) is 27.8. The van der Waals surface area contributed by atoms with Crippen molar-refractivity contribution < 1.29 is 14.1 Å². The molecular weight excluding hydrogens is 553 g/mol. The number of nitrogens with zero attached hydrogens (tertiary/aromatic N) is 3. The summed E-state index contributed by atoms with van der Waals surface area (Å²) in [5.41, 5.74) is 4.04. The van der Waals surface area contributed by atoms with Gasteiger partial charge in [0.15, 0.2) is 5.78 Å². The molecule has 6 aromatic rings. The number of ketones is 1. The van der Waals surface area contributed by atoms with E-state index in [-0.39, 0.29) is 5.56 Å². The van der Waals surface area contributed by atoms with E-state index in [1.807, 2.05) is 91.4 Å². The van der Waals surface area contributed by atoms with E-state index in [1.54, 1.807) is 6.08 Å². The smallest absolute Gasteiger partial charge is 0.304 e. The van der Waals surface area contributed by atoms with E-state index < -0.39 is 27.8 Å². The number of allylic oxidation sites excluding steroid dienone is 1. The first-order chi connectivity index (χ1) is 21.5. The lowest BCUT2D eigenvalue weighted by Gasteiger charge is -2.37. The lowest BCUT2D eigenvalue weighted by Crippen LogP contribution is -2.36. The van der Waals surface area contributed by atoms with Gasteiger partial charge in [0.2, 0.25) is 5.82 Å². The Kier molecular flexibility index (Phi) is 7.76. The van der Waals surface area contributed by atoms with E-state index in [2.05, 4.69) is 41.0 Å². The van der Waals surface area contributed by atoms with E-state index in [4.69, 9.17) is 4.98 Å². The fourth-order valence-corrected chi connectivity index (χ4v) is 5.58. The molecule has 1 heterocycles. The van der Waals surface area contributed by atoms with Crippen LogP contribution in [-0.2, 0) is 5.54 Å². The number of nitro benzene ring substituents is 1. The molecule has 6 nitrogen and oxygen atoms in total. The summed E-state index contributed by atoms with van der Waals surface area (Å²) in [6.07, 6.45) is 6.81. The minimum absolute atomic E-state index is 0.0180. The second-order valence-corrected chi connectivity index (χ2v) is 10.2. The molecule has 0 aliphatic heterocycles. The minimum atomic E-state index is -1.06. The van der Waals surface area contributed by atoms with Crippen LogP contribution in [0.15, 0.2) is 152 Å². The third-order valence-electron chi connectivity index (χ3n) is 7.62. The molecule has 0 fully saturated rings. The van der Waals surface area contributed by atoms with Crippen molar-refractivity contribution in [3.05, 3.63) is 196 Å². The summed E-state index contributed by atoms with van der Waals surface area (Å²) in [5, 5.41) is 11.0. The zero-order chi connectivity index (χ0) is 30.5. The number of halogens is 1. The van der Waals surface area contributed by atoms with Crippen molar-refractivity contribution in [2.24, 2.45) is 0 Å². The van der Waals surface area contributed by atoms with Gasteiger partial charge in [-0.3, -0.25) is 14.9 Å². The maximum atomic E-state index is 14.1. The van der Waals surface area contributed by atoms with Crippen LogP contribution in [0.2, 0.25) is 0 Å². The third-order valence-corrected chi connectivity index (χ3v) is 7.62. The van der Waals surface area contributed by atoms with Gasteiger partial charge in [-0.05, 0) is 40.5 Å². The van der Waals surface area contributed by atoms with Crippen molar-refractivity contribution in [1.29, 1.82) is 0 Å². The van der Waals surface area contributed by atoms with Gasteiger partial charge in [-0.2, -0.15) is 4.39 Å². The number of benzene rings is 5. The average Bonchev–Trinajstić information content (AvgIpc) is 3.56. The Labute approximate surface area is 253 Å². The van der Waals surface area contributed by atoms with Crippen LogP contribution in [0, 0.1) is 15.9 Å². The van der Waals surface area contributed by atoms with Crippen molar-refractivity contribution in [3.8, 4) is 11.3 Å². The Morgan fingerprint density at radius 1 is 0.773 bits per heavy atom. The minimum Gasteiger partial charge on any atom is -0.318 e. The highest BCUT2D eigenvalue weighted by Gasteiger charge is 2.38. The number of carbonyl (C=O) groups excluding carboxylic acids is 1. The summed E-state index contributed by atoms with van der Waals surface area (Å²) >= 11 is 0. The fraction of sp³-hybridized carbons (Fsp3) is 0.0270. The van der Waals surface area contributed by atoms with Gasteiger partial charge < -0.3 is 4.57 Å². The van der Waals surface area contributed by atoms with Crippen LogP contribution in [0.5, 0.6) is 0 Å². The molecule has 0 aliphatic carbocycles. The topological polar surface area (TPSA) is 78.0 Å². The quantitative estimate of drug-likeness (QED) is 0.0567. The molecule has 6 rings (SSSR count). The highest BCUT2D eigenvalue weighted by molar-refractivity contribution is 6.07. The van der Waals surface area contributed by atoms with Crippen LogP contribution >= 0.6 is 0 Å². The maximum Gasteiger partial charge on any atom is 0.304 e. The molecular formula is C37H26FN3O3. The molecule has 0 saturated heterocycles. The van der Waals surface area contributed by atoms with Gasteiger partial charge in [0.25, 0.3) is 0 Å². The first-order valence-corrected chi connectivity index (χ1v) is 14.0. The van der Waals surface area contributed by atoms with E-state index in [1.165, 1.54) is 12.1 Å². The van der Waals surface area contributed by atoms with Gasteiger partial charge in [-0.1, -0.05) is 121 Å². The van der Waals surface area contributed by atoms with Crippen molar-refractivity contribution in [3.63, 3.8) is 0 Å². The number of carbonyl (C=O) groups is 1. The van der Waals surface area contributed by atoms with Gasteiger partial charge in [-0.25, -0.2) is 4.98 Å². The van der Waals surface area contributed by atoms with Crippen molar-refractivity contribution in [2.45, 2.75) is 5.54 Å². The lowest BCUT2D eigenvalue weighted by atomic mass is 9.77. The van der Waals surface area contributed by atoms with Crippen LogP contribution < -0.4 is 0 Å². The Bertz CT molecular complexity index is 1870. The molecule has 0 saturated carbocycles. The monoisotopic (exact) mass is 579 g/mol. The van der Waals surface area contributed by atoms with Crippen LogP contribution in [0.3, 0.4) is 0 Å². The lowest BCUT2D eigenvalue weighted by molar-refractivity contribution is -0.387. The first kappa shape index (κ1) is 28.2. The summed E-state index contributed by atoms with van der Waals surface area (Å²) in [6.45, 7) is 0. The summed E-state index contributed by atoms with van der Waals surface area (Å²) in [6, 6.07) is 41.5. The van der Waals surface area contributed by atoms with Crippen molar-refractivity contribution in [1.82, 2.24) is 9.55 Å². The molecule has 0 N–H and O–H groups in total. The molecule has 1 aromatic heterocycles.